The first-order valence-corrected chi connectivity index (χ1v) is 11.1. The van der Waals surface area contributed by atoms with Gasteiger partial charge in [-0.2, -0.15) is 0 Å². The average molecular weight is 387 g/mol. The van der Waals surface area contributed by atoms with Crippen molar-refractivity contribution in [3.8, 4) is 0 Å². The van der Waals surface area contributed by atoms with Gasteiger partial charge in [-0.05, 0) is 43.0 Å². The van der Waals surface area contributed by atoms with Gasteiger partial charge in [0.1, 0.15) is 5.82 Å². The summed E-state index contributed by atoms with van der Waals surface area (Å²) < 4.78 is 27.3. The summed E-state index contributed by atoms with van der Waals surface area (Å²) in [4.78, 5) is 14.8. The first-order valence-electron chi connectivity index (χ1n) is 9.24. The van der Waals surface area contributed by atoms with Crippen LogP contribution in [0, 0.1) is 0 Å². The number of aromatic nitrogens is 3. The molecule has 1 amide bonds. The van der Waals surface area contributed by atoms with Gasteiger partial charge in [-0.1, -0.05) is 0 Å². The van der Waals surface area contributed by atoms with Gasteiger partial charge in [0.15, 0.2) is 5.82 Å². The van der Waals surface area contributed by atoms with E-state index in [0.29, 0.717) is 43.2 Å². The molecule has 142 valence electrons. The van der Waals surface area contributed by atoms with Crippen LogP contribution < -0.4 is 4.31 Å². The molecule has 0 unspecified atom stereocenters. The minimum absolute atomic E-state index is 0.0437. The number of rotatable bonds is 3. The molecule has 1 fully saturated rings. The normalized spacial score (nSPS) is 19.1. The zero-order valence-corrected chi connectivity index (χ0v) is 15.9. The van der Waals surface area contributed by atoms with Crippen molar-refractivity contribution in [3.63, 3.8) is 0 Å². The average Bonchev–Trinajstić information content (AvgIpc) is 3.24. The predicted octanol–water partition coefficient (Wildman–Crippen LogP) is 1.13. The van der Waals surface area contributed by atoms with Gasteiger partial charge >= 0.3 is 0 Å². The van der Waals surface area contributed by atoms with E-state index in [0.717, 1.165) is 23.8 Å². The highest BCUT2D eigenvalue weighted by Gasteiger charge is 2.33. The molecule has 1 aromatic heterocycles. The van der Waals surface area contributed by atoms with Crippen LogP contribution in [0.3, 0.4) is 0 Å². The van der Waals surface area contributed by atoms with E-state index in [1.807, 2.05) is 6.07 Å². The summed E-state index contributed by atoms with van der Waals surface area (Å²) in [7, 11) is -3.28. The second-order valence-corrected chi connectivity index (χ2v) is 9.46. The fourth-order valence-electron chi connectivity index (χ4n) is 4.03. The molecule has 9 heteroatoms. The summed E-state index contributed by atoms with van der Waals surface area (Å²) in [5.41, 5.74) is 2.18. The Balaban J connectivity index is 1.37. The minimum atomic E-state index is -3.28. The van der Waals surface area contributed by atoms with Gasteiger partial charge in [0.25, 0.3) is 5.91 Å². The van der Waals surface area contributed by atoms with Crippen LogP contribution in [0.5, 0.6) is 0 Å². The van der Waals surface area contributed by atoms with E-state index in [1.54, 1.807) is 17.0 Å². The summed E-state index contributed by atoms with van der Waals surface area (Å²) in [6.45, 7) is 2.26. The van der Waals surface area contributed by atoms with Gasteiger partial charge in [0, 0.05) is 31.1 Å². The van der Waals surface area contributed by atoms with E-state index in [-0.39, 0.29) is 5.91 Å². The van der Waals surface area contributed by atoms with Crippen molar-refractivity contribution in [1.82, 2.24) is 19.7 Å². The van der Waals surface area contributed by atoms with E-state index in [9.17, 15) is 13.2 Å². The summed E-state index contributed by atoms with van der Waals surface area (Å²) in [6, 6.07) is 5.30. The molecule has 0 bridgehead atoms. The second kappa shape index (κ2) is 5.79. The molecule has 1 saturated carbocycles. The monoisotopic (exact) mass is 387 g/mol. The van der Waals surface area contributed by atoms with Crippen LogP contribution in [0.2, 0.25) is 0 Å². The van der Waals surface area contributed by atoms with E-state index in [4.69, 9.17) is 0 Å². The van der Waals surface area contributed by atoms with Crippen molar-refractivity contribution in [1.29, 1.82) is 0 Å². The Kier molecular flexibility index (Phi) is 3.59. The zero-order chi connectivity index (χ0) is 18.8. The molecule has 5 rings (SSSR count). The lowest BCUT2D eigenvalue weighted by molar-refractivity contribution is 0.0706. The number of hydrogen-bond acceptors (Lipinski definition) is 5. The molecular formula is C18H21N5O3S. The molecule has 1 aromatic carbocycles. The second-order valence-electron chi connectivity index (χ2n) is 7.56. The van der Waals surface area contributed by atoms with Crippen molar-refractivity contribution in [2.24, 2.45) is 0 Å². The highest BCUT2D eigenvalue weighted by atomic mass is 32.2. The minimum Gasteiger partial charge on any atom is -0.329 e. The number of nitrogens with zero attached hydrogens (tertiary/aromatic N) is 5. The molecule has 8 nitrogen and oxygen atoms in total. The fraction of sp³-hybridized carbons (Fsp3) is 0.500. The number of carbonyl (C=O) groups excluding carboxylic acids is 1. The van der Waals surface area contributed by atoms with Crippen LogP contribution >= 0.6 is 0 Å². The Labute approximate surface area is 157 Å². The Morgan fingerprint density at radius 3 is 2.70 bits per heavy atom. The highest BCUT2D eigenvalue weighted by molar-refractivity contribution is 7.92. The van der Waals surface area contributed by atoms with Crippen molar-refractivity contribution in [3.05, 3.63) is 41.0 Å². The predicted molar refractivity (Wildman–Crippen MR) is 99.1 cm³/mol. The summed E-state index contributed by atoms with van der Waals surface area (Å²) in [5.74, 6) is 2.41. The number of fused-ring (bicyclic) bond motifs is 2. The molecule has 2 aliphatic heterocycles. The standard InChI is InChI=1S/C18H21N5O3S/c1-27(25,26)23-7-6-13-10-14(4-5-15(13)23)18(24)21-8-9-22-16(11-21)19-20-17(22)12-2-3-12/h4-5,10,12H,2-3,6-9,11H2,1H3. The van der Waals surface area contributed by atoms with E-state index in [2.05, 4.69) is 14.8 Å². The topological polar surface area (TPSA) is 88.4 Å². The molecule has 27 heavy (non-hydrogen) atoms. The number of anilines is 1. The molecular weight excluding hydrogens is 366 g/mol. The maximum Gasteiger partial charge on any atom is 0.254 e. The number of sulfonamides is 1. The van der Waals surface area contributed by atoms with Crippen LogP contribution in [0.1, 0.15) is 46.3 Å². The van der Waals surface area contributed by atoms with Gasteiger partial charge in [0.2, 0.25) is 10.0 Å². The number of hydrogen-bond donors (Lipinski definition) is 0. The SMILES string of the molecule is CS(=O)(=O)N1CCc2cc(C(=O)N3CCn4c(nnc4C4CC4)C3)ccc21. The zero-order valence-electron chi connectivity index (χ0n) is 15.1. The smallest absolute Gasteiger partial charge is 0.254 e. The van der Waals surface area contributed by atoms with Crippen molar-refractivity contribution >= 4 is 21.6 Å². The summed E-state index contributed by atoms with van der Waals surface area (Å²) in [6.07, 6.45) is 4.20. The Bertz CT molecular complexity index is 1040. The van der Waals surface area contributed by atoms with Gasteiger partial charge in [0.05, 0.1) is 18.5 Å². The van der Waals surface area contributed by atoms with Crippen LogP contribution in [-0.4, -0.2) is 53.3 Å². The third-order valence-electron chi connectivity index (χ3n) is 5.59. The van der Waals surface area contributed by atoms with E-state index < -0.39 is 10.0 Å². The van der Waals surface area contributed by atoms with Gasteiger partial charge in [-0.3, -0.25) is 9.10 Å². The molecule has 0 radical (unpaired) electrons. The third kappa shape index (κ3) is 2.80. The first kappa shape index (κ1) is 16.7. The van der Waals surface area contributed by atoms with E-state index >= 15 is 0 Å². The lowest BCUT2D eigenvalue weighted by atomic mass is 10.1. The maximum atomic E-state index is 13.0. The Morgan fingerprint density at radius 2 is 1.96 bits per heavy atom. The summed E-state index contributed by atoms with van der Waals surface area (Å²) >= 11 is 0. The molecule has 3 heterocycles. The van der Waals surface area contributed by atoms with Crippen LogP contribution in [0.25, 0.3) is 0 Å². The highest BCUT2D eigenvalue weighted by Crippen LogP contribution is 2.39. The third-order valence-corrected chi connectivity index (χ3v) is 6.77. The Morgan fingerprint density at radius 1 is 1.15 bits per heavy atom. The maximum absolute atomic E-state index is 13.0. The molecule has 0 saturated heterocycles. The largest absolute Gasteiger partial charge is 0.329 e. The quantitative estimate of drug-likeness (QED) is 0.788. The number of benzene rings is 1. The lowest BCUT2D eigenvalue weighted by Crippen LogP contribution is -2.38. The number of amides is 1. The molecule has 0 N–H and O–H groups in total. The molecule has 2 aromatic rings. The van der Waals surface area contributed by atoms with Crippen molar-refractivity contribution in [2.45, 2.75) is 38.3 Å². The molecule has 0 atom stereocenters. The van der Waals surface area contributed by atoms with Crippen LogP contribution in [0.15, 0.2) is 18.2 Å². The van der Waals surface area contributed by atoms with E-state index in [1.165, 1.54) is 23.4 Å². The van der Waals surface area contributed by atoms with Gasteiger partial charge < -0.3 is 9.47 Å². The summed E-state index contributed by atoms with van der Waals surface area (Å²) in [5, 5.41) is 8.60. The molecule has 0 spiro atoms. The fourth-order valence-corrected chi connectivity index (χ4v) is 4.99. The van der Waals surface area contributed by atoms with Crippen LogP contribution in [0.4, 0.5) is 5.69 Å². The first-order chi connectivity index (χ1) is 12.9. The van der Waals surface area contributed by atoms with Crippen molar-refractivity contribution < 1.29 is 13.2 Å². The lowest BCUT2D eigenvalue weighted by Gasteiger charge is -2.28. The molecule has 1 aliphatic carbocycles. The van der Waals surface area contributed by atoms with Crippen LogP contribution in [-0.2, 0) is 29.5 Å². The van der Waals surface area contributed by atoms with Gasteiger partial charge in [-0.25, -0.2) is 8.42 Å². The molecule has 3 aliphatic rings. The Hall–Kier alpha value is -2.42. The van der Waals surface area contributed by atoms with Crippen molar-refractivity contribution in [2.75, 3.05) is 23.7 Å². The van der Waals surface area contributed by atoms with Gasteiger partial charge in [-0.15, -0.1) is 10.2 Å². The number of carbonyl (C=O) groups is 1.